The quantitative estimate of drug-likeness (QED) is 0.778. The molecule has 0 bridgehead atoms. The van der Waals surface area contributed by atoms with Crippen LogP contribution in [0.5, 0.6) is 0 Å². The van der Waals surface area contributed by atoms with Gasteiger partial charge in [-0.2, -0.15) is 0 Å². The molecule has 0 unspecified atom stereocenters. The summed E-state index contributed by atoms with van der Waals surface area (Å²) in [5, 5.41) is 10.1. The van der Waals surface area contributed by atoms with Crippen LogP contribution in [-0.4, -0.2) is 33.8 Å². The van der Waals surface area contributed by atoms with E-state index in [0.717, 1.165) is 25.2 Å². The van der Waals surface area contributed by atoms with Crippen LogP contribution in [0.15, 0.2) is 12.4 Å². The van der Waals surface area contributed by atoms with Crippen molar-refractivity contribution in [1.82, 2.24) is 9.97 Å². The van der Waals surface area contributed by atoms with Crippen LogP contribution in [0, 0.1) is 0 Å². The normalized spacial score (nSPS) is 23.1. The molecule has 0 radical (unpaired) electrons. The summed E-state index contributed by atoms with van der Waals surface area (Å²) >= 11 is 5.81. The summed E-state index contributed by atoms with van der Waals surface area (Å²) in [6.45, 7) is 2.73. The van der Waals surface area contributed by atoms with Crippen LogP contribution in [0.1, 0.15) is 19.8 Å². The molecule has 0 aliphatic carbocycles. The second-order valence-electron chi connectivity index (χ2n) is 3.84. The molecule has 82 valence electrons. The number of halogens is 1. The lowest BCUT2D eigenvalue weighted by molar-refractivity contribution is 0.164. The number of nitrogens with zero attached hydrogens (tertiary/aromatic N) is 3. The maximum atomic E-state index is 9.64. The Morgan fingerprint density at radius 2 is 2.40 bits per heavy atom. The highest BCUT2D eigenvalue weighted by molar-refractivity contribution is 6.29. The molecule has 1 N–H and O–H groups in total. The average molecular weight is 228 g/mol. The van der Waals surface area contributed by atoms with Crippen LogP contribution >= 0.6 is 11.6 Å². The van der Waals surface area contributed by atoms with E-state index in [9.17, 15) is 5.11 Å². The van der Waals surface area contributed by atoms with E-state index in [1.807, 2.05) is 6.92 Å². The zero-order valence-electron chi connectivity index (χ0n) is 8.60. The van der Waals surface area contributed by atoms with E-state index >= 15 is 0 Å². The van der Waals surface area contributed by atoms with E-state index in [4.69, 9.17) is 11.6 Å². The van der Waals surface area contributed by atoms with Crippen molar-refractivity contribution in [3.63, 3.8) is 0 Å². The number of anilines is 1. The fourth-order valence-corrected chi connectivity index (χ4v) is 2.20. The molecular formula is C10H14ClN3O. The summed E-state index contributed by atoms with van der Waals surface area (Å²) in [5.41, 5.74) is 0. The third-order valence-electron chi connectivity index (χ3n) is 2.77. The van der Waals surface area contributed by atoms with Gasteiger partial charge in [-0.05, 0) is 19.8 Å². The van der Waals surface area contributed by atoms with Gasteiger partial charge in [0.15, 0.2) is 0 Å². The van der Waals surface area contributed by atoms with Crippen molar-refractivity contribution in [3.8, 4) is 0 Å². The minimum Gasteiger partial charge on any atom is -0.391 e. The first kappa shape index (κ1) is 10.6. The van der Waals surface area contributed by atoms with Crippen LogP contribution in [0.4, 0.5) is 5.82 Å². The number of aliphatic hydroxyl groups excluding tert-OH is 1. The molecule has 1 aromatic rings. The van der Waals surface area contributed by atoms with Crippen LogP contribution in [-0.2, 0) is 0 Å². The monoisotopic (exact) mass is 227 g/mol. The number of hydrogen-bond acceptors (Lipinski definition) is 4. The predicted octanol–water partition coefficient (Wildman–Crippen LogP) is 1.48. The topological polar surface area (TPSA) is 49.2 Å². The highest BCUT2D eigenvalue weighted by Gasteiger charge is 2.29. The summed E-state index contributed by atoms with van der Waals surface area (Å²) in [4.78, 5) is 10.1. The molecule has 1 aliphatic heterocycles. The van der Waals surface area contributed by atoms with Crippen LogP contribution < -0.4 is 4.90 Å². The van der Waals surface area contributed by atoms with E-state index in [1.54, 1.807) is 6.07 Å². The highest BCUT2D eigenvalue weighted by Crippen LogP contribution is 2.26. The molecule has 4 nitrogen and oxygen atoms in total. The Kier molecular flexibility index (Phi) is 3.07. The van der Waals surface area contributed by atoms with Crippen LogP contribution in [0.2, 0.25) is 5.15 Å². The van der Waals surface area contributed by atoms with Crippen molar-refractivity contribution < 1.29 is 5.11 Å². The first-order chi connectivity index (χ1) is 7.18. The molecule has 15 heavy (non-hydrogen) atoms. The van der Waals surface area contributed by atoms with Gasteiger partial charge in [0, 0.05) is 12.6 Å². The minimum absolute atomic E-state index is 0.149. The Morgan fingerprint density at radius 3 is 3.07 bits per heavy atom. The van der Waals surface area contributed by atoms with E-state index in [1.165, 1.54) is 6.33 Å². The van der Waals surface area contributed by atoms with Crippen molar-refractivity contribution >= 4 is 17.4 Å². The van der Waals surface area contributed by atoms with Gasteiger partial charge in [-0.1, -0.05) is 11.6 Å². The van der Waals surface area contributed by atoms with Crippen molar-refractivity contribution in [2.75, 3.05) is 11.4 Å². The van der Waals surface area contributed by atoms with Crippen LogP contribution in [0.25, 0.3) is 0 Å². The van der Waals surface area contributed by atoms with E-state index in [-0.39, 0.29) is 12.1 Å². The molecule has 0 amide bonds. The van der Waals surface area contributed by atoms with Crippen molar-refractivity contribution in [1.29, 1.82) is 0 Å². The molecule has 2 heterocycles. The lowest BCUT2D eigenvalue weighted by Gasteiger charge is -2.27. The number of hydrogen-bond donors (Lipinski definition) is 1. The van der Waals surface area contributed by atoms with E-state index in [0.29, 0.717) is 5.15 Å². The molecule has 0 saturated carbocycles. The fourth-order valence-electron chi connectivity index (χ4n) is 2.06. The van der Waals surface area contributed by atoms with Gasteiger partial charge in [-0.25, -0.2) is 9.97 Å². The van der Waals surface area contributed by atoms with Crippen molar-refractivity contribution in [2.45, 2.75) is 31.9 Å². The molecule has 0 spiro atoms. The van der Waals surface area contributed by atoms with Crippen LogP contribution in [0.3, 0.4) is 0 Å². The Hall–Kier alpha value is -0.870. The summed E-state index contributed by atoms with van der Waals surface area (Å²) in [6, 6.07) is 1.89. The fraction of sp³-hybridized carbons (Fsp3) is 0.600. The van der Waals surface area contributed by atoms with Gasteiger partial charge in [-0.3, -0.25) is 0 Å². The SMILES string of the molecule is C[C@H](O)[C@H]1CCCN1c1cc(Cl)ncn1. The molecule has 1 fully saturated rings. The largest absolute Gasteiger partial charge is 0.391 e. The van der Waals surface area contributed by atoms with Crippen molar-refractivity contribution in [2.24, 2.45) is 0 Å². The molecule has 1 aliphatic rings. The second kappa shape index (κ2) is 4.33. The Bertz CT molecular complexity index is 345. The van der Waals surface area contributed by atoms with Gasteiger partial charge in [-0.15, -0.1) is 0 Å². The molecule has 1 aromatic heterocycles. The Morgan fingerprint density at radius 1 is 1.60 bits per heavy atom. The maximum absolute atomic E-state index is 9.64. The van der Waals surface area contributed by atoms with Gasteiger partial charge in [0.2, 0.25) is 0 Å². The summed E-state index contributed by atoms with van der Waals surface area (Å²) in [5.74, 6) is 0.804. The van der Waals surface area contributed by atoms with E-state index in [2.05, 4.69) is 14.9 Å². The summed E-state index contributed by atoms with van der Waals surface area (Å²) < 4.78 is 0. The molecule has 2 rings (SSSR count). The first-order valence-corrected chi connectivity index (χ1v) is 5.48. The summed E-state index contributed by atoms with van der Waals surface area (Å²) in [6.07, 6.45) is 3.19. The number of aromatic nitrogens is 2. The first-order valence-electron chi connectivity index (χ1n) is 5.11. The number of aliphatic hydroxyl groups is 1. The number of rotatable bonds is 2. The molecule has 1 saturated heterocycles. The third kappa shape index (κ3) is 2.21. The zero-order chi connectivity index (χ0) is 10.8. The molecular weight excluding hydrogens is 214 g/mol. The third-order valence-corrected chi connectivity index (χ3v) is 2.98. The smallest absolute Gasteiger partial charge is 0.134 e. The Balaban J connectivity index is 2.22. The summed E-state index contributed by atoms with van der Waals surface area (Å²) in [7, 11) is 0. The second-order valence-corrected chi connectivity index (χ2v) is 4.23. The lowest BCUT2D eigenvalue weighted by atomic mass is 10.1. The van der Waals surface area contributed by atoms with Gasteiger partial charge in [0.25, 0.3) is 0 Å². The molecule has 5 heteroatoms. The average Bonchev–Trinajstić information content (AvgIpc) is 2.65. The molecule has 0 aromatic carbocycles. The zero-order valence-corrected chi connectivity index (χ0v) is 9.35. The molecule has 2 atom stereocenters. The van der Waals surface area contributed by atoms with Gasteiger partial charge < -0.3 is 10.0 Å². The standard InChI is InChI=1S/C10H14ClN3O/c1-7(15)8-3-2-4-14(8)10-5-9(11)12-6-13-10/h5-8,15H,2-4H2,1H3/t7-,8+/m0/s1. The van der Waals surface area contributed by atoms with Gasteiger partial charge in [0.1, 0.15) is 17.3 Å². The lowest BCUT2D eigenvalue weighted by Crippen LogP contribution is -2.37. The van der Waals surface area contributed by atoms with Crippen molar-refractivity contribution in [3.05, 3.63) is 17.5 Å². The van der Waals surface area contributed by atoms with Gasteiger partial charge in [0.05, 0.1) is 12.1 Å². The minimum atomic E-state index is -0.346. The highest BCUT2D eigenvalue weighted by atomic mass is 35.5. The van der Waals surface area contributed by atoms with Gasteiger partial charge >= 0.3 is 0 Å². The predicted molar refractivity (Wildman–Crippen MR) is 59.1 cm³/mol. The van der Waals surface area contributed by atoms with E-state index < -0.39 is 0 Å². The Labute approximate surface area is 93.9 Å². The maximum Gasteiger partial charge on any atom is 0.134 e.